The van der Waals surface area contributed by atoms with E-state index in [1.165, 1.54) is 12.1 Å². The monoisotopic (exact) mass is 277 g/mol. The number of hydrogen-bond acceptors (Lipinski definition) is 4. The highest BCUT2D eigenvalue weighted by atomic mass is 16.5. The number of ether oxygens (including phenoxy) is 1. The van der Waals surface area contributed by atoms with E-state index in [-0.39, 0.29) is 12.6 Å². The Morgan fingerprint density at radius 2 is 2.05 bits per heavy atom. The van der Waals surface area contributed by atoms with Gasteiger partial charge in [0, 0.05) is 13.1 Å². The molecule has 0 fully saturated rings. The molecule has 0 atom stereocenters. The molecule has 1 aromatic carbocycles. The number of urea groups is 1. The van der Waals surface area contributed by atoms with Crippen LogP contribution in [0.25, 0.3) is 0 Å². The summed E-state index contributed by atoms with van der Waals surface area (Å²) in [6.45, 7) is 4.28. The highest BCUT2D eigenvalue weighted by Gasteiger charge is 2.12. The van der Waals surface area contributed by atoms with E-state index in [0.717, 1.165) is 5.56 Å². The average molecular weight is 277 g/mol. The Bertz CT molecular complexity index is 448. The third-order valence-corrected chi connectivity index (χ3v) is 2.45. The smallest absolute Gasteiger partial charge is 0.329 e. The Morgan fingerprint density at radius 1 is 1.35 bits per heavy atom. The molecule has 0 aromatic heterocycles. The second-order valence-corrected chi connectivity index (χ2v) is 4.03. The molecule has 0 saturated carbocycles. The fourth-order valence-corrected chi connectivity index (χ4v) is 1.49. The van der Waals surface area contributed by atoms with Crippen LogP contribution in [0.15, 0.2) is 43.0 Å². The number of hydrazine groups is 1. The molecule has 0 aliphatic rings. The number of nitrogens with one attached hydrogen (secondary N) is 2. The number of hydrogen-bond donors (Lipinski definition) is 2. The molecule has 0 bridgehead atoms. The van der Waals surface area contributed by atoms with Gasteiger partial charge < -0.3 is 10.1 Å². The van der Waals surface area contributed by atoms with Crippen LogP contribution in [0.4, 0.5) is 4.79 Å². The Balaban J connectivity index is 2.41. The van der Waals surface area contributed by atoms with Crippen molar-refractivity contribution in [2.45, 2.75) is 6.54 Å². The Morgan fingerprint density at radius 3 is 2.65 bits per heavy atom. The van der Waals surface area contributed by atoms with Gasteiger partial charge in [0.05, 0.1) is 7.11 Å². The van der Waals surface area contributed by atoms with E-state index in [2.05, 4.69) is 22.1 Å². The lowest BCUT2D eigenvalue weighted by atomic mass is 10.2. The van der Waals surface area contributed by atoms with Crippen molar-refractivity contribution in [1.29, 1.82) is 0 Å². The summed E-state index contributed by atoms with van der Waals surface area (Å²) in [6.07, 6.45) is 1.58. The van der Waals surface area contributed by atoms with Gasteiger partial charge >= 0.3 is 12.0 Å². The normalized spacial score (nSPS) is 9.90. The molecule has 20 heavy (non-hydrogen) atoms. The first-order chi connectivity index (χ1) is 9.65. The van der Waals surface area contributed by atoms with E-state index in [1.54, 1.807) is 6.08 Å². The highest BCUT2D eigenvalue weighted by Crippen LogP contribution is 1.97. The second kappa shape index (κ2) is 8.71. The molecule has 0 aliphatic carbocycles. The predicted molar refractivity (Wildman–Crippen MR) is 75.6 cm³/mol. The summed E-state index contributed by atoms with van der Waals surface area (Å²) in [4.78, 5) is 22.9. The summed E-state index contributed by atoms with van der Waals surface area (Å²) in [7, 11) is 1.30. The molecule has 2 N–H and O–H groups in total. The number of methoxy groups -OCH3 is 1. The lowest BCUT2D eigenvalue weighted by Crippen LogP contribution is -2.49. The van der Waals surface area contributed by atoms with E-state index in [4.69, 9.17) is 0 Å². The molecular formula is C14H19N3O3. The lowest BCUT2D eigenvalue weighted by Gasteiger charge is -2.20. The first kappa shape index (κ1) is 15.7. The maximum atomic E-state index is 11.7. The van der Waals surface area contributed by atoms with Crippen molar-refractivity contribution in [2.75, 3.05) is 20.2 Å². The van der Waals surface area contributed by atoms with Gasteiger partial charge in [0.1, 0.15) is 6.54 Å². The van der Waals surface area contributed by atoms with Crippen molar-refractivity contribution in [3.8, 4) is 0 Å². The molecule has 1 rings (SSSR count). The molecule has 0 spiro atoms. The zero-order valence-corrected chi connectivity index (χ0v) is 11.5. The van der Waals surface area contributed by atoms with Gasteiger partial charge in [0.15, 0.2) is 0 Å². The summed E-state index contributed by atoms with van der Waals surface area (Å²) < 4.78 is 4.55. The molecule has 108 valence electrons. The summed E-state index contributed by atoms with van der Waals surface area (Å²) in [5, 5.41) is 4.12. The first-order valence-corrected chi connectivity index (χ1v) is 6.16. The zero-order chi connectivity index (χ0) is 14.8. The van der Waals surface area contributed by atoms with E-state index >= 15 is 0 Å². The van der Waals surface area contributed by atoms with Crippen molar-refractivity contribution in [3.63, 3.8) is 0 Å². The van der Waals surface area contributed by atoms with E-state index < -0.39 is 5.97 Å². The topological polar surface area (TPSA) is 70.7 Å². The standard InChI is InChI=1S/C14H19N3O3/c1-3-9-17(11-13(18)20-2)16-14(19)15-10-12-7-5-4-6-8-12/h3-8H,1,9-11H2,2H3,(H2,15,16,19). The van der Waals surface area contributed by atoms with Crippen LogP contribution < -0.4 is 10.7 Å². The maximum absolute atomic E-state index is 11.7. The third-order valence-electron chi connectivity index (χ3n) is 2.45. The number of nitrogens with zero attached hydrogens (tertiary/aromatic N) is 1. The number of amides is 2. The Labute approximate surface area is 118 Å². The van der Waals surface area contributed by atoms with Crippen LogP contribution >= 0.6 is 0 Å². The van der Waals surface area contributed by atoms with Crippen LogP contribution in [0.3, 0.4) is 0 Å². The summed E-state index contributed by atoms with van der Waals surface area (Å²) in [5.74, 6) is -0.435. The molecular weight excluding hydrogens is 258 g/mol. The van der Waals surface area contributed by atoms with Crippen LogP contribution in [0.5, 0.6) is 0 Å². The Kier molecular flexibility index (Phi) is 6.84. The second-order valence-electron chi connectivity index (χ2n) is 4.03. The van der Waals surface area contributed by atoms with Crippen molar-refractivity contribution in [3.05, 3.63) is 48.6 Å². The summed E-state index contributed by atoms with van der Waals surface area (Å²) >= 11 is 0. The van der Waals surface area contributed by atoms with Crippen LogP contribution in [-0.4, -0.2) is 37.2 Å². The van der Waals surface area contributed by atoms with Gasteiger partial charge in [-0.15, -0.1) is 6.58 Å². The van der Waals surface area contributed by atoms with Crippen molar-refractivity contribution >= 4 is 12.0 Å². The fraction of sp³-hybridized carbons (Fsp3) is 0.286. The molecule has 0 radical (unpaired) electrons. The zero-order valence-electron chi connectivity index (χ0n) is 11.5. The largest absolute Gasteiger partial charge is 0.468 e. The van der Waals surface area contributed by atoms with Gasteiger partial charge in [-0.2, -0.15) is 0 Å². The lowest BCUT2D eigenvalue weighted by molar-refractivity contribution is -0.142. The van der Waals surface area contributed by atoms with Crippen LogP contribution in [-0.2, 0) is 16.1 Å². The molecule has 0 saturated heterocycles. The summed E-state index contributed by atoms with van der Waals surface area (Å²) in [6, 6.07) is 9.14. The Hall–Kier alpha value is -2.34. The van der Waals surface area contributed by atoms with E-state index in [1.807, 2.05) is 30.3 Å². The average Bonchev–Trinajstić information content (AvgIpc) is 2.46. The molecule has 6 nitrogen and oxygen atoms in total. The van der Waals surface area contributed by atoms with Crippen LogP contribution in [0.1, 0.15) is 5.56 Å². The van der Waals surface area contributed by atoms with Gasteiger partial charge in [-0.1, -0.05) is 36.4 Å². The molecule has 0 unspecified atom stereocenters. The minimum absolute atomic E-state index is 0.0404. The van der Waals surface area contributed by atoms with Crippen molar-refractivity contribution in [1.82, 2.24) is 15.8 Å². The quantitative estimate of drug-likeness (QED) is 0.444. The van der Waals surface area contributed by atoms with Crippen LogP contribution in [0, 0.1) is 0 Å². The maximum Gasteiger partial charge on any atom is 0.329 e. The number of carbonyl (C=O) groups excluding carboxylic acids is 2. The molecule has 0 aliphatic heterocycles. The number of carbonyl (C=O) groups is 2. The summed E-state index contributed by atoms with van der Waals surface area (Å²) in [5.41, 5.74) is 3.56. The SMILES string of the molecule is C=CCN(CC(=O)OC)NC(=O)NCc1ccccc1. The van der Waals surface area contributed by atoms with Gasteiger partial charge in [-0.3, -0.25) is 10.2 Å². The van der Waals surface area contributed by atoms with Gasteiger partial charge in [-0.25, -0.2) is 9.80 Å². The van der Waals surface area contributed by atoms with Crippen LogP contribution in [0.2, 0.25) is 0 Å². The first-order valence-electron chi connectivity index (χ1n) is 6.16. The van der Waals surface area contributed by atoms with Gasteiger partial charge in [-0.05, 0) is 5.56 Å². The van der Waals surface area contributed by atoms with E-state index in [0.29, 0.717) is 13.1 Å². The molecule has 6 heteroatoms. The van der Waals surface area contributed by atoms with E-state index in [9.17, 15) is 9.59 Å². The minimum Gasteiger partial charge on any atom is -0.468 e. The highest BCUT2D eigenvalue weighted by molar-refractivity contribution is 5.75. The molecule has 2 amide bonds. The molecule has 1 aromatic rings. The minimum atomic E-state index is -0.435. The third kappa shape index (κ3) is 6.01. The predicted octanol–water partition coefficient (Wildman–Crippen LogP) is 1.06. The van der Waals surface area contributed by atoms with Crippen molar-refractivity contribution in [2.24, 2.45) is 0 Å². The molecule has 0 heterocycles. The fourth-order valence-electron chi connectivity index (χ4n) is 1.49. The number of esters is 1. The van der Waals surface area contributed by atoms with Crippen molar-refractivity contribution < 1.29 is 14.3 Å². The van der Waals surface area contributed by atoms with Gasteiger partial charge in [0.2, 0.25) is 0 Å². The number of benzene rings is 1. The number of rotatable bonds is 7. The van der Waals surface area contributed by atoms with Gasteiger partial charge in [0.25, 0.3) is 0 Å².